The Labute approximate surface area is 370 Å². The summed E-state index contributed by atoms with van der Waals surface area (Å²) in [6.07, 6.45) is 7.55. The van der Waals surface area contributed by atoms with Crippen molar-refractivity contribution in [2.75, 3.05) is 33.0 Å². The first-order chi connectivity index (χ1) is 29.2. The van der Waals surface area contributed by atoms with Gasteiger partial charge in [0, 0.05) is 17.0 Å². The molecule has 0 radical (unpaired) electrons. The van der Waals surface area contributed by atoms with Crippen LogP contribution in [0, 0.1) is 56.3 Å². The number of aldehydes is 1. The van der Waals surface area contributed by atoms with Crippen LogP contribution in [-0.4, -0.2) is 44.9 Å². The molecule has 344 valence electrons. The normalized spacial score (nSPS) is 22.7. The molecule has 5 aliphatic rings. The summed E-state index contributed by atoms with van der Waals surface area (Å²) in [5.41, 5.74) is 5.40. The lowest BCUT2D eigenvalue weighted by molar-refractivity contribution is -0.112. The van der Waals surface area contributed by atoms with Crippen LogP contribution < -0.4 is 18.9 Å². The van der Waals surface area contributed by atoms with Gasteiger partial charge in [0.25, 0.3) is 0 Å². The fourth-order valence-electron chi connectivity index (χ4n) is 7.89. The Bertz CT molecular complexity index is 1530. The topological polar surface area (TPSA) is 114 Å². The van der Waals surface area contributed by atoms with Gasteiger partial charge in [0.15, 0.2) is 23.0 Å². The number of nitrogens with zero attached hydrogens (tertiary/aromatic N) is 2. The molecule has 3 aliphatic heterocycles. The largest absolute Gasteiger partial charge is 0.486 e. The molecule has 1 spiro atoms. The first-order valence-corrected chi connectivity index (χ1v) is 23.9. The standard InChI is InChI=1S/2C18H21NO3.8C2H6/c1-12-9-13(2)15-16(21-8-7-20-15)14(12)17(10-19)3-5-18(6-4-17)11-22-18;1-12-9-13(2)16-17(22-8-7-21-16)15(12)18(11-19)5-3-14(10-20)4-6-18;8*1-2/h9H,3-8,11H2,1-2H3;9-10,14H,3-8H2,1-2H3;8*1-2H3. The highest BCUT2D eigenvalue weighted by molar-refractivity contribution is 5.62. The summed E-state index contributed by atoms with van der Waals surface area (Å²) in [6, 6.07) is 9.36. The second-order valence-electron chi connectivity index (χ2n) is 13.3. The molecule has 2 aliphatic carbocycles. The van der Waals surface area contributed by atoms with Gasteiger partial charge in [-0.2, -0.15) is 10.5 Å². The van der Waals surface area contributed by atoms with Crippen LogP contribution in [0.1, 0.15) is 196 Å². The summed E-state index contributed by atoms with van der Waals surface area (Å²) in [7, 11) is 0. The number of ether oxygens (including phenoxy) is 5. The summed E-state index contributed by atoms with van der Waals surface area (Å²) in [4.78, 5) is 11.0. The van der Waals surface area contributed by atoms with Crippen molar-refractivity contribution in [2.24, 2.45) is 5.92 Å². The molecule has 2 aromatic carbocycles. The van der Waals surface area contributed by atoms with E-state index in [1.54, 1.807) is 0 Å². The molecule has 2 saturated carbocycles. The van der Waals surface area contributed by atoms with Gasteiger partial charge in [-0.05, 0) is 101 Å². The van der Waals surface area contributed by atoms with Crippen LogP contribution in [0.15, 0.2) is 12.1 Å². The number of aryl methyl sites for hydroxylation is 4. The van der Waals surface area contributed by atoms with Crippen LogP contribution in [-0.2, 0) is 20.4 Å². The van der Waals surface area contributed by atoms with Gasteiger partial charge in [-0.15, -0.1) is 0 Å². The van der Waals surface area contributed by atoms with Crippen molar-refractivity contribution in [2.45, 2.75) is 206 Å². The molecule has 7 rings (SSSR count). The zero-order chi connectivity index (χ0) is 47.1. The molecule has 60 heavy (non-hydrogen) atoms. The molecule has 0 amide bonds. The van der Waals surface area contributed by atoms with Crippen LogP contribution in [0.3, 0.4) is 0 Å². The first kappa shape index (κ1) is 60.6. The molecular formula is C52H90N2O6. The van der Waals surface area contributed by atoms with E-state index in [4.69, 9.17) is 23.7 Å². The second kappa shape index (κ2) is 32.9. The number of rotatable bonds is 3. The van der Waals surface area contributed by atoms with Crippen molar-refractivity contribution in [3.05, 3.63) is 45.5 Å². The quantitative estimate of drug-likeness (QED) is 0.222. The third-order valence-corrected chi connectivity index (χ3v) is 10.4. The molecule has 3 fully saturated rings. The van der Waals surface area contributed by atoms with Crippen LogP contribution in [0.2, 0.25) is 0 Å². The minimum absolute atomic E-state index is 0.0797. The lowest BCUT2D eigenvalue weighted by Crippen LogP contribution is -2.35. The minimum Gasteiger partial charge on any atom is -0.486 e. The van der Waals surface area contributed by atoms with Gasteiger partial charge >= 0.3 is 0 Å². The van der Waals surface area contributed by atoms with Crippen molar-refractivity contribution < 1.29 is 28.5 Å². The van der Waals surface area contributed by atoms with Crippen LogP contribution in [0.4, 0.5) is 0 Å². The molecule has 0 unspecified atom stereocenters. The molecular weight excluding hydrogens is 749 g/mol. The fraction of sp³-hybridized carbons (Fsp3) is 0.712. The molecule has 2 aromatic rings. The number of nitriles is 2. The molecule has 8 heteroatoms. The maximum atomic E-state index is 11.0. The summed E-state index contributed by atoms with van der Waals surface area (Å²) >= 11 is 0. The Hall–Kier alpha value is -3.75. The molecule has 8 nitrogen and oxygen atoms in total. The Kier molecular flexibility index (Phi) is 33.3. The van der Waals surface area contributed by atoms with E-state index in [0.29, 0.717) is 39.3 Å². The van der Waals surface area contributed by atoms with Crippen molar-refractivity contribution in [1.82, 2.24) is 0 Å². The summed E-state index contributed by atoms with van der Waals surface area (Å²) < 4.78 is 29.1. The van der Waals surface area contributed by atoms with Gasteiger partial charge in [0.1, 0.15) is 32.7 Å². The van der Waals surface area contributed by atoms with Crippen molar-refractivity contribution in [3.63, 3.8) is 0 Å². The molecule has 0 atom stereocenters. The molecule has 3 heterocycles. The lowest BCUT2D eigenvalue weighted by Gasteiger charge is -2.37. The predicted molar refractivity (Wildman–Crippen MR) is 254 cm³/mol. The average molecular weight is 839 g/mol. The average Bonchev–Trinajstić information content (AvgIpc) is 4.11. The number of carbonyl (C=O) groups excluding carboxylic acids is 1. The smallest absolute Gasteiger partial charge is 0.166 e. The third-order valence-electron chi connectivity index (χ3n) is 10.4. The maximum Gasteiger partial charge on any atom is 0.166 e. The van der Waals surface area contributed by atoms with Crippen molar-refractivity contribution in [3.8, 4) is 35.1 Å². The summed E-state index contributed by atoms with van der Waals surface area (Å²) in [5, 5.41) is 19.9. The summed E-state index contributed by atoms with van der Waals surface area (Å²) in [6.45, 7) is 43.2. The molecule has 1 saturated heterocycles. The first-order valence-electron chi connectivity index (χ1n) is 23.9. The van der Waals surface area contributed by atoms with Gasteiger partial charge in [-0.25, -0.2) is 0 Å². The van der Waals surface area contributed by atoms with E-state index in [2.05, 4.69) is 31.2 Å². The van der Waals surface area contributed by atoms with Crippen LogP contribution in [0.5, 0.6) is 23.0 Å². The molecule has 0 aromatic heterocycles. The van der Waals surface area contributed by atoms with E-state index in [1.165, 1.54) is 0 Å². The van der Waals surface area contributed by atoms with E-state index >= 15 is 0 Å². The third kappa shape index (κ3) is 15.0. The second-order valence-corrected chi connectivity index (χ2v) is 13.3. The van der Waals surface area contributed by atoms with Gasteiger partial charge in [-0.3, -0.25) is 0 Å². The van der Waals surface area contributed by atoms with E-state index in [1.807, 2.05) is 132 Å². The minimum atomic E-state index is -0.567. The SMILES string of the molecule is CC.CC.CC.CC.CC.CC.CC.CC.Cc1cc(C)c(C2(C#N)CCC(C=O)CC2)c2c1OCCO2.Cc1cc(C)c(C2(C#N)CCC3(CC2)CO3)c2c1OCCO2. The van der Waals surface area contributed by atoms with Crippen molar-refractivity contribution >= 4 is 6.29 Å². The van der Waals surface area contributed by atoms with Gasteiger partial charge in [0.2, 0.25) is 0 Å². The monoisotopic (exact) mass is 839 g/mol. The molecule has 0 bridgehead atoms. The Morgan fingerprint density at radius 1 is 0.500 bits per heavy atom. The number of fused-ring (bicyclic) bond motifs is 2. The highest BCUT2D eigenvalue weighted by Gasteiger charge is 2.53. The Balaban J connectivity index is -0.000000814. The van der Waals surface area contributed by atoms with Crippen LogP contribution >= 0.6 is 0 Å². The zero-order valence-corrected chi connectivity index (χ0v) is 42.3. The number of hydrogen-bond acceptors (Lipinski definition) is 8. The fourth-order valence-corrected chi connectivity index (χ4v) is 7.89. The van der Waals surface area contributed by atoms with Crippen LogP contribution in [0.25, 0.3) is 0 Å². The number of hydrogen-bond donors (Lipinski definition) is 0. The summed E-state index contributed by atoms with van der Waals surface area (Å²) in [5.74, 6) is 3.23. The van der Waals surface area contributed by atoms with E-state index in [-0.39, 0.29) is 11.5 Å². The number of carbonyl (C=O) groups is 1. The Morgan fingerprint density at radius 2 is 0.800 bits per heavy atom. The maximum absolute atomic E-state index is 11.0. The van der Waals surface area contributed by atoms with Gasteiger partial charge in [-0.1, -0.05) is 123 Å². The predicted octanol–water partition coefficient (Wildman–Crippen LogP) is 14.6. The zero-order valence-electron chi connectivity index (χ0n) is 42.3. The van der Waals surface area contributed by atoms with Gasteiger partial charge < -0.3 is 28.5 Å². The van der Waals surface area contributed by atoms with E-state index in [9.17, 15) is 15.3 Å². The lowest BCUT2D eigenvalue weighted by atomic mass is 9.66. The number of benzene rings is 2. The molecule has 0 N–H and O–H groups in total. The highest BCUT2D eigenvalue weighted by atomic mass is 16.6. The highest BCUT2D eigenvalue weighted by Crippen LogP contribution is 2.54. The van der Waals surface area contributed by atoms with E-state index in [0.717, 1.165) is 108 Å². The number of epoxide rings is 1. The van der Waals surface area contributed by atoms with Crippen molar-refractivity contribution in [1.29, 1.82) is 10.5 Å². The van der Waals surface area contributed by atoms with E-state index < -0.39 is 10.8 Å². The van der Waals surface area contributed by atoms with Gasteiger partial charge in [0.05, 0.1) is 35.2 Å². The Morgan fingerprint density at radius 3 is 1.08 bits per heavy atom.